The molecule has 0 N–H and O–H groups in total. The lowest BCUT2D eigenvalue weighted by atomic mass is 9.99. The van der Waals surface area contributed by atoms with Crippen molar-refractivity contribution >= 4 is 27.2 Å². The minimum Gasteiger partial charge on any atom is -0.289 e. The molecule has 0 spiro atoms. The van der Waals surface area contributed by atoms with E-state index >= 15 is 0 Å². The van der Waals surface area contributed by atoms with E-state index in [2.05, 4.69) is 0 Å². The lowest BCUT2D eigenvalue weighted by molar-refractivity contribution is 0.103. The number of hydrogen-bond donors (Lipinski definition) is 0. The van der Waals surface area contributed by atoms with E-state index in [4.69, 9.17) is 11.6 Å². The number of sulfone groups is 1. The Morgan fingerprint density at radius 1 is 1.05 bits per heavy atom. The first kappa shape index (κ1) is 14.8. The van der Waals surface area contributed by atoms with E-state index in [-0.39, 0.29) is 15.7 Å². The molecular formula is C15H13ClO3S. The second kappa shape index (κ2) is 5.38. The quantitative estimate of drug-likeness (QED) is 0.818. The number of rotatable bonds is 3. The van der Waals surface area contributed by atoms with E-state index in [1.807, 2.05) is 19.1 Å². The average molecular weight is 309 g/mol. The molecule has 0 saturated carbocycles. The Morgan fingerprint density at radius 2 is 1.70 bits per heavy atom. The van der Waals surface area contributed by atoms with Crippen LogP contribution < -0.4 is 0 Å². The molecule has 0 saturated heterocycles. The van der Waals surface area contributed by atoms with Crippen molar-refractivity contribution < 1.29 is 13.2 Å². The Bertz CT molecular complexity index is 779. The van der Waals surface area contributed by atoms with Crippen molar-refractivity contribution in [1.82, 2.24) is 0 Å². The highest BCUT2D eigenvalue weighted by Crippen LogP contribution is 2.24. The van der Waals surface area contributed by atoms with Gasteiger partial charge in [-0.3, -0.25) is 4.79 Å². The molecule has 2 rings (SSSR count). The van der Waals surface area contributed by atoms with Gasteiger partial charge in [-0.25, -0.2) is 8.42 Å². The molecule has 2 aromatic carbocycles. The number of hydrogen-bond acceptors (Lipinski definition) is 3. The van der Waals surface area contributed by atoms with Gasteiger partial charge in [0.25, 0.3) is 0 Å². The van der Waals surface area contributed by atoms with Crippen molar-refractivity contribution in [3.8, 4) is 0 Å². The minimum atomic E-state index is -3.34. The predicted octanol–water partition coefficient (Wildman–Crippen LogP) is 3.28. The first-order valence-electron chi connectivity index (χ1n) is 5.90. The van der Waals surface area contributed by atoms with Crippen molar-refractivity contribution in [1.29, 1.82) is 0 Å². The number of ketones is 1. The summed E-state index contributed by atoms with van der Waals surface area (Å²) in [5.74, 6) is -0.215. The molecule has 2 aromatic rings. The summed E-state index contributed by atoms with van der Waals surface area (Å²) in [6, 6.07) is 11.3. The molecule has 0 aliphatic heterocycles. The number of halogens is 1. The fraction of sp³-hybridized carbons (Fsp3) is 0.133. The molecule has 0 atom stereocenters. The van der Waals surface area contributed by atoms with E-state index in [1.54, 1.807) is 12.1 Å². The SMILES string of the molecule is Cc1ccccc1C(=O)c1ccc(S(C)(=O)=O)cc1Cl. The van der Waals surface area contributed by atoms with Crippen molar-refractivity contribution in [2.75, 3.05) is 6.26 Å². The number of benzene rings is 2. The zero-order chi connectivity index (χ0) is 14.9. The van der Waals surface area contributed by atoms with Crippen LogP contribution in [-0.2, 0) is 9.84 Å². The van der Waals surface area contributed by atoms with Gasteiger partial charge in [0, 0.05) is 17.4 Å². The van der Waals surface area contributed by atoms with Crippen LogP contribution in [0.5, 0.6) is 0 Å². The van der Waals surface area contributed by atoms with E-state index in [9.17, 15) is 13.2 Å². The number of carbonyl (C=O) groups excluding carboxylic acids is 1. The molecule has 20 heavy (non-hydrogen) atoms. The maximum Gasteiger partial charge on any atom is 0.194 e. The van der Waals surface area contributed by atoms with E-state index in [0.29, 0.717) is 11.1 Å². The Hall–Kier alpha value is -1.65. The fourth-order valence-corrected chi connectivity index (χ4v) is 2.86. The van der Waals surface area contributed by atoms with E-state index in [1.165, 1.54) is 18.2 Å². The van der Waals surface area contributed by atoms with E-state index < -0.39 is 9.84 Å². The van der Waals surface area contributed by atoms with Gasteiger partial charge in [0.05, 0.1) is 9.92 Å². The van der Waals surface area contributed by atoms with Crippen molar-refractivity contribution in [2.24, 2.45) is 0 Å². The summed E-state index contributed by atoms with van der Waals surface area (Å²) in [5, 5.41) is 0.140. The summed E-state index contributed by atoms with van der Waals surface area (Å²) in [6.07, 6.45) is 1.10. The van der Waals surface area contributed by atoms with Gasteiger partial charge in [0.1, 0.15) is 0 Å². The third-order valence-electron chi connectivity index (χ3n) is 3.00. The topological polar surface area (TPSA) is 51.2 Å². The largest absolute Gasteiger partial charge is 0.289 e. The first-order valence-corrected chi connectivity index (χ1v) is 8.17. The van der Waals surface area contributed by atoms with Crippen molar-refractivity contribution in [3.63, 3.8) is 0 Å². The standard InChI is InChI=1S/C15H13ClO3S/c1-10-5-3-4-6-12(10)15(17)13-8-7-11(9-14(13)16)20(2,18)19/h3-9H,1-2H3. The fourth-order valence-electron chi connectivity index (χ4n) is 1.88. The summed E-state index contributed by atoms with van der Waals surface area (Å²) in [4.78, 5) is 12.5. The third kappa shape index (κ3) is 2.92. The molecular weight excluding hydrogens is 296 g/mol. The lowest BCUT2D eigenvalue weighted by Crippen LogP contribution is -2.05. The van der Waals surface area contributed by atoms with Gasteiger partial charge in [0.2, 0.25) is 0 Å². The van der Waals surface area contributed by atoms with Gasteiger partial charge in [-0.15, -0.1) is 0 Å². The highest BCUT2D eigenvalue weighted by molar-refractivity contribution is 7.90. The summed E-state index contributed by atoms with van der Waals surface area (Å²) in [7, 11) is -3.34. The molecule has 5 heteroatoms. The molecule has 0 bridgehead atoms. The van der Waals surface area contributed by atoms with Gasteiger partial charge in [-0.1, -0.05) is 35.9 Å². The zero-order valence-electron chi connectivity index (χ0n) is 11.1. The van der Waals surface area contributed by atoms with Gasteiger partial charge in [-0.05, 0) is 30.7 Å². The summed E-state index contributed by atoms with van der Waals surface area (Å²) < 4.78 is 22.9. The summed E-state index contributed by atoms with van der Waals surface area (Å²) in [5.41, 5.74) is 1.70. The van der Waals surface area contributed by atoms with Crippen LogP contribution in [0.1, 0.15) is 21.5 Å². The van der Waals surface area contributed by atoms with E-state index in [0.717, 1.165) is 11.8 Å². The molecule has 0 fully saturated rings. The second-order valence-electron chi connectivity index (χ2n) is 4.56. The highest BCUT2D eigenvalue weighted by Gasteiger charge is 2.17. The van der Waals surface area contributed by atoms with Crippen LogP contribution in [-0.4, -0.2) is 20.5 Å². The summed E-state index contributed by atoms with van der Waals surface area (Å²) in [6.45, 7) is 1.84. The van der Waals surface area contributed by atoms with Crippen LogP contribution >= 0.6 is 11.6 Å². The molecule has 0 heterocycles. The Balaban J connectivity index is 2.50. The predicted molar refractivity (Wildman–Crippen MR) is 79.2 cm³/mol. The molecule has 0 aromatic heterocycles. The van der Waals surface area contributed by atoms with Crippen LogP contribution in [0.3, 0.4) is 0 Å². The molecule has 0 unspecified atom stereocenters. The van der Waals surface area contributed by atoms with Gasteiger partial charge >= 0.3 is 0 Å². The van der Waals surface area contributed by atoms with Crippen LogP contribution in [0.4, 0.5) is 0 Å². The Labute approximate surface area is 123 Å². The normalized spacial score (nSPS) is 11.3. The zero-order valence-corrected chi connectivity index (χ0v) is 12.6. The minimum absolute atomic E-state index is 0.101. The third-order valence-corrected chi connectivity index (χ3v) is 4.43. The smallest absolute Gasteiger partial charge is 0.194 e. The lowest BCUT2D eigenvalue weighted by Gasteiger charge is -2.07. The Kier molecular flexibility index (Phi) is 3.97. The van der Waals surface area contributed by atoms with Gasteiger partial charge in [-0.2, -0.15) is 0 Å². The molecule has 0 radical (unpaired) electrons. The first-order chi connectivity index (χ1) is 9.30. The maximum atomic E-state index is 12.4. The van der Waals surface area contributed by atoms with Crippen molar-refractivity contribution in [2.45, 2.75) is 11.8 Å². The average Bonchev–Trinajstić information content (AvgIpc) is 2.37. The van der Waals surface area contributed by atoms with Gasteiger partial charge in [0.15, 0.2) is 15.6 Å². The number of aryl methyl sites for hydroxylation is 1. The molecule has 104 valence electrons. The van der Waals surface area contributed by atoms with Crippen molar-refractivity contribution in [3.05, 3.63) is 64.2 Å². The van der Waals surface area contributed by atoms with Crippen LogP contribution in [0.15, 0.2) is 47.4 Å². The van der Waals surface area contributed by atoms with Crippen LogP contribution in [0, 0.1) is 6.92 Å². The second-order valence-corrected chi connectivity index (χ2v) is 6.98. The molecule has 0 amide bonds. The summed E-state index contributed by atoms with van der Waals surface area (Å²) >= 11 is 6.05. The molecule has 0 aliphatic rings. The van der Waals surface area contributed by atoms with Gasteiger partial charge < -0.3 is 0 Å². The van der Waals surface area contributed by atoms with Crippen LogP contribution in [0.2, 0.25) is 5.02 Å². The highest BCUT2D eigenvalue weighted by atomic mass is 35.5. The monoisotopic (exact) mass is 308 g/mol. The van der Waals surface area contributed by atoms with Crippen LogP contribution in [0.25, 0.3) is 0 Å². The number of carbonyl (C=O) groups is 1. The Morgan fingerprint density at radius 3 is 2.25 bits per heavy atom. The molecule has 3 nitrogen and oxygen atoms in total. The molecule has 0 aliphatic carbocycles. The maximum absolute atomic E-state index is 12.4.